The number of benzene rings is 2. The van der Waals surface area contributed by atoms with Crippen LogP contribution in [0.4, 0.5) is 0 Å². The van der Waals surface area contributed by atoms with E-state index in [0.717, 1.165) is 28.2 Å². The highest BCUT2D eigenvalue weighted by atomic mass is 16.5. The lowest BCUT2D eigenvalue weighted by Crippen LogP contribution is -2.25. The SMILES string of the molecule is COc1cc(OC)c(OC)cc1CNC(=O)Cc1c(C)nn(-c2ccccc2)c1C. The predicted octanol–water partition coefficient (Wildman–Crippen LogP) is 3.37. The lowest BCUT2D eigenvalue weighted by molar-refractivity contribution is -0.120. The third-order valence-electron chi connectivity index (χ3n) is 5.04. The van der Waals surface area contributed by atoms with Crippen LogP contribution >= 0.6 is 0 Å². The van der Waals surface area contributed by atoms with Crippen molar-refractivity contribution in [3.8, 4) is 22.9 Å². The van der Waals surface area contributed by atoms with E-state index in [9.17, 15) is 4.79 Å². The number of rotatable bonds is 8. The molecule has 158 valence electrons. The maximum absolute atomic E-state index is 12.7. The monoisotopic (exact) mass is 409 g/mol. The van der Waals surface area contributed by atoms with Gasteiger partial charge in [0.25, 0.3) is 0 Å². The van der Waals surface area contributed by atoms with Crippen LogP contribution in [0, 0.1) is 13.8 Å². The molecule has 0 saturated heterocycles. The van der Waals surface area contributed by atoms with Crippen molar-refractivity contribution in [1.82, 2.24) is 15.1 Å². The van der Waals surface area contributed by atoms with Crippen molar-refractivity contribution in [3.63, 3.8) is 0 Å². The Kier molecular flexibility index (Phi) is 6.61. The van der Waals surface area contributed by atoms with Gasteiger partial charge in [-0.1, -0.05) is 18.2 Å². The molecule has 0 aliphatic rings. The molecule has 0 saturated carbocycles. The molecule has 1 heterocycles. The van der Waals surface area contributed by atoms with E-state index in [0.29, 0.717) is 23.8 Å². The minimum Gasteiger partial charge on any atom is -0.496 e. The van der Waals surface area contributed by atoms with Crippen molar-refractivity contribution in [3.05, 3.63) is 65.0 Å². The van der Waals surface area contributed by atoms with E-state index in [4.69, 9.17) is 14.2 Å². The fourth-order valence-corrected chi connectivity index (χ4v) is 3.40. The standard InChI is InChI=1S/C23H27N3O4/c1-15-19(16(2)26(25-15)18-9-7-6-8-10-18)12-23(27)24-14-17-11-21(29-4)22(30-5)13-20(17)28-3/h6-11,13H,12,14H2,1-5H3,(H,24,27). The Balaban J connectivity index is 1.74. The Labute approximate surface area is 176 Å². The smallest absolute Gasteiger partial charge is 0.224 e. The first-order valence-corrected chi connectivity index (χ1v) is 9.64. The van der Waals surface area contributed by atoms with Gasteiger partial charge in [0.1, 0.15) is 5.75 Å². The van der Waals surface area contributed by atoms with Crippen LogP contribution < -0.4 is 19.5 Å². The van der Waals surface area contributed by atoms with Gasteiger partial charge in [-0.25, -0.2) is 4.68 Å². The zero-order valence-corrected chi connectivity index (χ0v) is 18.0. The van der Waals surface area contributed by atoms with Gasteiger partial charge in [0.05, 0.1) is 39.1 Å². The second-order valence-corrected chi connectivity index (χ2v) is 6.87. The van der Waals surface area contributed by atoms with Crippen LogP contribution in [0.5, 0.6) is 17.2 Å². The third kappa shape index (κ3) is 4.40. The first kappa shape index (κ1) is 21.2. The molecule has 1 N–H and O–H groups in total. The molecule has 2 aromatic carbocycles. The number of carbonyl (C=O) groups is 1. The van der Waals surface area contributed by atoms with Gasteiger partial charge in [0.2, 0.25) is 5.91 Å². The summed E-state index contributed by atoms with van der Waals surface area (Å²) in [5, 5.41) is 7.57. The number of nitrogens with zero attached hydrogens (tertiary/aromatic N) is 2. The van der Waals surface area contributed by atoms with Crippen LogP contribution in [0.2, 0.25) is 0 Å². The Hall–Kier alpha value is -3.48. The molecule has 0 fully saturated rings. The van der Waals surface area contributed by atoms with Crippen LogP contribution in [0.3, 0.4) is 0 Å². The summed E-state index contributed by atoms with van der Waals surface area (Å²) in [5.41, 5.74) is 4.50. The summed E-state index contributed by atoms with van der Waals surface area (Å²) in [5.74, 6) is 1.69. The van der Waals surface area contributed by atoms with Crippen LogP contribution in [0.1, 0.15) is 22.5 Å². The molecule has 1 aromatic heterocycles. The Morgan fingerprint density at radius 1 is 0.967 bits per heavy atom. The number of nitrogens with one attached hydrogen (secondary N) is 1. The zero-order valence-electron chi connectivity index (χ0n) is 18.0. The maximum Gasteiger partial charge on any atom is 0.224 e. The average Bonchev–Trinajstić information content (AvgIpc) is 3.05. The lowest BCUT2D eigenvalue weighted by atomic mass is 10.1. The maximum atomic E-state index is 12.7. The van der Waals surface area contributed by atoms with Crippen LogP contribution in [-0.4, -0.2) is 37.0 Å². The number of aromatic nitrogens is 2. The normalized spacial score (nSPS) is 10.6. The van der Waals surface area contributed by atoms with Crippen molar-refractivity contribution in [2.24, 2.45) is 0 Å². The van der Waals surface area contributed by atoms with Crippen molar-refractivity contribution in [2.45, 2.75) is 26.8 Å². The largest absolute Gasteiger partial charge is 0.496 e. The molecule has 0 atom stereocenters. The molecule has 0 radical (unpaired) electrons. The number of aryl methyl sites for hydroxylation is 1. The number of methoxy groups -OCH3 is 3. The highest BCUT2D eigenvalue weighted by molar-refractivity contribution is 5.79. The third-order valence-corrected chi connectivity index (χ3v) is 5.04. The van der Waals surface area contributed by atoms with Gasteiger partial charge in [0, 0.05) is 29.4 Å². The predicted molar refractivity (Wildman–Crippen MR) is 115 cm³/mol. The van der Waals surface area contributed by atoms with Crippen molar-refractivity contribution in [2.75, 3.05) is 21.3 Å². The van der Waals surface area contributed by atoms with Gasteiger partial charge in [-0.2, -0.15) is 5.10 Å². The Morgan fingerprint density at radius 2 is 1.60 bits per heavy atom. The van der Waals surface area contributed by atoms with Crippen molar-refractivity contribution < 1.29 is 19.0 Å². The molecule has 7 nitrogen and oxygen atoms in total. The number of carbonyl (C=O) groups excluding carboxylic acids is 1. The molecule has 7 heteroatoms. The van der Waals surface area contributed by atoms with Gasteiger partial charge in [-0.3, -0.25) is 4.79 Å². The van der Waals surface area contributed by atoms with Gasteiger partial charge in [-0.15, -0.1) is 0 Å². The molecule has 3 aromatic rings. The van der Waals surface area contributed by atoms with Crippen molar-refractivity contribution >= 4 is 5.91 Å². The second kappa shape index (κ2) is 9.35. The zero-order chi connectivity index (χ0) is 21.7. The first-order valence-electron chi connectivity index (χ1n) is 9.64. The van der Waals surface area contributed by atoms with E-state index in [2.05, 4.69) is 10.4 Å². The molecule has 0 bridgehead atoms. The lowest BCUT2D eigenvalue weighted by Gasteiger charge is -2.14. The molecule has 1 amide bonds. The summed E-state index contributed by atoms with van der Waals surface area (Å²) < 4.78 is 18.0. The van der Waals surface area contributed by atoms with E-state index in [1.807, 2.05) is 54.9 Å². The van der Waals surface area contributed by atoms with Gasteiger partial charge < -0.3 is 19.5 Å². The molecule has 0 aliphatic heterocycles. The van der Waals surface area contributed by atoms with E-state index in [1.54, 1.807) is 27.4 Å². The second-order valence-electron chi connectivity index (χ2n) is 6.87. The summed E-state index contributed by atoms with van der Waals surface area (Å²) >= 11 is 0. The minimum absolute atomic E-state index is 0.0920. The van der Waals surface area contributed by atoms with E-state index < -0.39 is 0 Å². The van der Waals surface area contributed by atoms with Crippen LogP contribution in [0.25, 0.3) is 5.69 Å². The molecule has 30 heavy (non-hydrogen) atoms. The quantitative estimate of drug-likeness (QED) is 0.617. The Morgan fingerprint density at radius 3 is 2.23 bits per heavy atom. The van der Waals surface area contributed by atoms with E-state index in [1.165, 1.54) is 0 Å². The highest BCUT2D eigenvalue weighted by Crippen LogP contribution is 2.34. The summed E-state index contributed by atoms with van der Waals surface area (Å²) in [4.78, 5) is 12.7. The first-order chi connectivity index (χ1) is 14.5. The van der Waals surface area contributed by atoms with E-state index >= 15 is 0 Å². The van der Waals surface area contributed by atoms with Crippen molar-refractivity contribution in [1.29, 1.82) is 0 Å². The van der Waals surface area contributed by atoms with Crippen LogP contribution in [-0.2, 0) is 17.8 Å². The summed E-state index contributed by atoms with van der Waals surface area (Å²) in [7, 11) is 4.72. The summed E-state index contributed by atoms with van der Waals surface area (Å²) in [6.07, 6.45) is 0.250. The minimum atomic E-state index is -0.0920. The highest BCUT2D eigenvalue weighted by Gasteiger charge is 2.17. The summed E-state index contributed by atoms with van der Waals surface area (Å²) in [6.45, 7) is 4.21. The molecule has 0 spiro atoms. The number of amides is 1. The summed E-state index contributed by atoms with van der Waals surface area (Å²) in [6, 6.07) is 13.4. The van der Waals surface area contributed by atoms with Gasteiger partial charge in [0.15, 0.2) is 11.5 Å². The topological polar surface area (TPSA) is 74.6 Å². The van der Waals surface area contributed by atoms with E-state index in [-0.39, 0.29) is 12.3 Å². The number of hydrogen-bond donors (Lipinski definition) is 1. The molecular formula is C23H27N3O4. The van der Waals surface area contributed by atoms with Crippen LogP contribution in [0.15, 0.2) is 42.5 Å². The number of ether oxygens (including phenoxy) is 3. The Bertz CT molecular complexity index is 1030. The van der Waals surface area contributed by atoms with Gasteiger partial charge >= 0.3 is 0 Å². The number of hydrogen-bond acceptors (Lipinski definition) is 5. The van der Waals surface area contributed by atoms with Gasteiger partial charge in [-0.05, 0) is 32.0 Å². The number of para-hydroxylation sites is 1. The molecule has 0 aliphatic carbocycles. The molecule has 3 rings (SSSR count). The average molecular weight is 409 g/mol. The molecular weight excluding hydrogens is 382 g/mol. The fraction of sp³-hybridized carbons (Fsp3) is 0.304. The fourth-order valence-electron chi connectivity index (χ4n) is 3.40. The molecule has 0 unspecified atom stereocenters.